The highest BCUT2D eigenvalue weighted by molar-refractivity contribution is 5.98. The Morgan fingerprint density at radius 1 is 1.00 bits per heavy atom. The van der Waals surface area contributed by atoms with E-state index in [0.29, 0.717) is 43.7 Å². The highest BCUT2D eigenvalue weighted by atomic mass is 19.4. The summed E-state index contributed by atoms with van der Waals surface area (Å²) in [5.41, 5.74) is 0.408. The zero-order chi connectivity index (χ0) is 34.9. The Morgan fingerprint density at radius 3 is 2.53 bits per heavy atom. The van der Waals surface area contributed by atoms with Crippen molar-refractivity contribution >= 4 is 23.4 Å². The molecule has 0 unspecified atom stereocenters. The number of ether oxygens (including phenoxy) is 1. The van der Waals surface area contributed by atoms with Crippen molar-refractivity contribution in [2.24, 2.45) is 0 Å². The maximum absolute atomic E-state index is 14.6. The molecule has 0 bridgehead atoms. The van der Waals surface area contributed by atoms with Crippen molar-refractivity contribution in [3.05, 3.63) is 99.0 Å². The number of halogens is 5. The van der Waals surface area contributed by atoms with Gasteiger partial charge in [0.2, 0.25) is 0 Å². The zero-order valence-corrected chi connectivity index (χ0v) is 26.5. The molecule has 0 spiro atoms. The lowest BCUT2D eigenvalue weighted by Crippen LogP contribution is -2.33. The van der Waals surface area contributed by atoms with E-state index < -0.39 is 59.4 Å². The van der Waals surface area contributed by atoms with Crippen molar-refractivity contribution in [3.63, 3.8) is 0 Å². The van der Waals surface area contributed by atoms with Crippen LogP contribution in [0.1, 0.15) is 90.9 Å². The van der Waals surface area contributed by atoms with E-state index in [0.717, 1.165) is 65.5 Å². The van der Waals surface area contributed by atoms with Gasteiger partial charge in [0.05, 0.1) is 23.4 Å². The number of amides is 2. The van der Waals surface area contributed by atoms with E-state index in [1.54, 1.807) is 12.1 Å². The lowest BCUT2D eigenvalue weighted by atomic mass is 9.98. The number of carbonyl (C=O) groups excluding carboxylic acids is 3. The number of hydrogen-bond donors (Lipinski definition) is 2. The minimum Gasteiger partial charge on any atom is -0.461 e. The molecule has 49 heavy (non-hydrogen) atoms. The van der Waals surface area contributed by atoms with Gasteiger partial charge in [-0.25, -0.2) is 23.1 Å². The summed E-state index contributed by atoms with van der Waals surface area (Å²) in [7, 11) is 0. The van der Waals surface area contributed by atoms with Gasteiger partial charge in [-0.1, -0.05) is 18.6 Å². The molecule has 2 aromatic heterocycles. The Kier molecular flexibility index (Phi) is 9.63. The number of fused-ring (bicyclic) bond motifs is 2. The number of nitrogens with zero attached hydrogens (tertiary/aromatic N) is 4. The van der Waals surface area contributed by atoms with Crippen LogP contribution >= 0.6 is 0 Å². The third kappa shape index (κ3) is 7.26. The van der Waals surface area contributed by atoms with Crippen molar-refractivity contribution in [3.8, 4) is 0 Å². The van der Waals surface area contributed by atoms with Gasteiger partial charge in [-0.3, -0.25) is 14.5 Å². The fourth-order valence-corrected chi connectivity index (χ4v) is 6.40. The molecule has 1 fully saturated rings. The molecule has 0 saturated carbocycles. The van der Waals surface area contributed by atoms with Gasteiger partial charge in [0.1, 0.15) is 23.8 Å². The van der Waals surface area contributed by atoms with Crippen LogP contribution in [0.25, 0.3) is 5.65 Å². The van der Waals surface area contributed by atoms with Crippen molar-refractivity contribution in [2.75, 3.05) is 26.2 Å². The van der Waals surface area contributed by atoms with Gasteiger partial charge in [0.25, 0.3) is 11.8 Å². The van der Waals surface area contributed by atoms with Crippen LogP contribution in [0.3, 0.4) is 0 Å². The smallest absolute Gasteiger partial charge is 0.419 e. The first-order valence-electron chi connectivity index (χ1n) is 15.9. The largest absolute Gasteiger partial charge is 0.461 e. The second kappa shape index (κ2) is 13.9. The van der Waals surface area contributed by atoms with E-state index in [-0.39, 0.29) is 17.0 Å². The molecule has 2 aliphatic rings. The minimum absolute atomic E-state index is 0.0410. The number of carbonyl (C=O) groups is 3. The molecule has 4 aromatic rings. The molecule has 10 nitrogen and oxygen atoms in total. The van der Waals surface area contributed by atoms with Crippen LogP contribution in [0, 0.1) is 18.6 Å². The topological polar surface area (TPSA) is 118 Å². The molecule has 3 heterocycles. The van der Waals surface area contributed by atoms with Crippen LogP contribution in [0.15, 0.2) is 42.6 Å². The lowest BCUT2D eigenvalue weighted by Gasteiger charge is -2.26. The molecule has 2 amide bonds. The number of alkyl halides is 3. The molecule has 6 rings (SSSR count). The molecule has 258 valence electrons. The number of hydrogen-bond acceptors (Lipinski definition) is 7. The van der Waals surface area contributed by atoms with Gasteiger partial charge in [-0.05, 0) is 86.1 Å². The molecular weight excluding hydrogens is 651 g/mol. The van der Waals surface area contributed by atoms with E-state index in [4.69, 9.17) is 4.74 Å². The SMILES string of the molecule is Cc1c(C(=O)OCCN2CCCCC2)ccc2c1CC[C@@H]2NC(=O)c1cc(C(=O)NCc2ccc(F)c(C(F)(F)F)c2)nc2c(F)cnn12. The predicted octanol–water partition coefficient (Wildman–Crippen LogP) is 5.32. The Hall–Kier alpha value is -4.92. The third-order valence-electron chi connectivity index (χ3n) is 8.99. The molecule has 2 aromatic carbocycles. The molecular formula is C34H33F5N6O4. The third-order valence-corrected chi connectivity index (χ3v) is 8.99. The fourth-order valence-electron chi connectivity index (χ4n) is 6.40. The van der Waals surface area contributed by atoms with Crippen molar-refractivity contribution in [2.45, 2.75) is 57.8 Å². The zero-order valence-electron chi connectivity index (χ0n) is 26.5. The number of aromatic nitrogens is 3. The lowest BCUT2D eigenvalue weighted by molar-refractivity contribution is -0.140. The molecule has 1 aliphatic carbocycles. The highest BCUT2D eigenvalue weighted by Gasteiger charge is 2.34. The van der Waals surface area contributed by atoms with E-state index in [9.17, 15) is 36.3 Å². The van der Waals surface area contributed by atoms with Gasteiger partial charge < -0.3 is 15.4 Å². The van der Waals surface area contributed by atoms with Gasteiger partial charge in [-0.2, -0.15) is 18.3 Å². The number of nitrogens with one attached hydrogen (secondary N) is 2. The van der Waals surface area contributed by atoms with Crippen LogP contribution in [0.4, 0.5) is 22.0 Å². The summed E-state index contributed by atoms with van der Waals surface area (Å²) >= 11 is 0. The highest BCUT2D eigenvalue weighted by Crippen LogP contribution is 2.35. The normalized spacial score (nSPS) is 16.4. The fraction of sp³-hybridized carbons (Fsp3) is 0.382. The number of rotatable bonds is 9. The Bertz CT molecular complexity index is 1920. The van der Waals surface area contributed by atoms with Crippen molar-refractivity contribution in [1.82, 2.24) is 30.1 Å². The van der Waals surface area contributed by atoms with E-state index in [1.807, 2.05) is 6.92 Å². The Labute approximate surface area is 277 Å². The van der Waals surface area contributed by atoms with E-state index in [1.165, 1.54) is 6.42 Å². The molecule has 1 saturated heterocycles. The first-order chi connectivity index (χ1) is 23.4. The molecule has 1 aliphatic heterocycles. The standard InChI is InChI=1S/C34H33F5N6O4/c1-19-21-8-10-27(23(21)7-6-22(19)33(48)49-14-13-44-11-3-2-4-12-44)43-32(47)29-16-28(42-30-26(36)18-41-45(29)30)31(46)40-17-20-5-9-25(35)24(15-20)34(37,38)39/h5-7,9,15-16,18,27H,2-4,8,10-14,17H2,1H3,(H,40,46)(H,43,47)/t27-/m0/s1. The summed E-state index contributed by atoms with van der Waals surface area (Å²) in [4.78, 5) is 45.7. The quantitative estimate of drug-likeness (QED) is 0.181. The van der Waals surface area contributed by atoms with Gasteiger partial charge in [-0.15, -0.1) is 0 Å². The van der Waals surface area contributed by atoms with Crippen LogP contribution in [-0.4, -0.2) is 63.5 Å². The second-order valence-corrected chi connectivity index (χ2v) is 12.2. The number of esters is 1. The van der Waals surface area contributed by atoms with Crippen LogP contribution < -0.4 is 10.6 Å². The van der Waals surface area contributed by atoms with Crippen molar-refractivity contribution < 1.29 is 41.1 Å². The summed E-state index contributed by atoms with van der Waals surface area (Å²) in [6.45, 7) is 4.41. The summed E-state index contributed by atoms with van der Waals surface area (Å²) < 4.78 is 74.2. The molecule has 2 N–H and O–H groups in total. The average Bonchev–Trinajstić information content (AvgIpc) is 3.67. The Morgan fingerprint density at radius 2 is 1.78 bits per heavy atom. The monoisotopic (exact) mass is 684 g/mol. The first kappa shape index (κ1) is 34.0. The van der Waals surface area contributed by atoms with Gasteiger partial charge in [0.15, 0.2) is 11.5 Å². The van der Waals surface area contributed by atoms with E-state index >= 15 is 0 Å². The van der Waals surface area contributed by atoms with Crippen molar-refractivity contribution in [1.29, 1.82) is 0 Å². The first-order valence-corrected chi connectivity index (χ1v) is 15.9. The summed E-state index contributed by atoms with van der Waals surface area (Å²) in [6, 6.07) is 6.39. The second-order valence-electron chi connectivity index (χ2n) is 12.2. The summed E-state index contributed by atoms with van der Waals surface area (Å²) in [5, 5.41) is 9.16. The number of benzene rings is 2. The minimum atomic E-state index is -4.93. The maximum Gasteiger partial charge on any atom is 0.419 e. The van der Waals surface area contributed by atoms with Gasteiger partial charge >= 0.3 is 12.1 Å². The number of piperidine rings is 1. The molecule has 1 atom stereocenters. The predicted molar refractivity (Wildman–Crippen MR) is 166 cm³/mol. The summed E-state index contributed by atoms with van der Waals surface area (Å²) in [5.74, 6) is -4.37. The molecule has 0 radical (unpaired) electrons. The Balaban J connectivity index is 1.15. The maximum atomic E-state index is 14.6. The number of likely N-dealkylation sites (tertiary alicyclic amines) is 1. The average molecular weight is 685 g/mol. The van der Waals surface area contributed by atoms with Gasteiger partial charge in [0, 0.05) is 19.2 Å². The van der Waals surface area contributed by atoms with E-state index in [2.05, 4.69) is 25.6 Å². The van der Waals surface area contributed by atoms with Crippen LogP contribution in [0.2, 0.25) is 0 Å². The summed E-state index contributed by atoms with van der Waals surface area (Å²) in [6.07, 6.45) is 0.509. The molecule has 15 heteroatoms. The van der Waals surface area contributed by atoms with Crippen LogP contribution in [0.5, 0.6) is 0 Å². The van der Waals surface area contributed by atoms with Crippen LogP contribution in [-0.2, 0) is 23.9 Å².